The molecule has 0 bridgehead atoms. The van der Waals surface area contributed by atoms with Gasteiger partial charge in [-0.05, 0) is 22.6 Å². The topological polar surface area (TPSA) is 121 Å². The van der Waals surface area contributed by atoms with Crippen LogP contribution in [-0.4, -0.2) is 59.0 Å². The monoisotopic (exact) mass is 397 g/mol. The molecule has 150 valence electrons. The van der Waals surface area contributed by atoms with Gasteiger partial charge in [-0.15, -0.1) is 5.10 Å². The minimum Gasteiger partial charge on any atom is -0.465 e. The minimum absolute atomic E-state index is 0.00602. The second-order valence-electron chi connectivity index (χ2n) is 5.74. The van der Waals surface area contributed by atoms with E-state index in [0.717, 1.165) is 0 Å². The third kappa shape index (κ3) is 5.36. The van der Waals surface area contributed by atoms with Gasteiger partial charge in [0.2, 0.25) is 0 Å². The molecule has 0 unspecified atom stereocenters. The van der Waals surface area contributed by atoms with Gasteiger partial charge in [-0.2, -0.15) is 4.68 Å². The Labute approximate surface area is 166 Å². The van der Waals surface area contributed by atoms with Gasteiger partial charge in [0.1, 0.15) is 5.76 Å². The normalized spacial score (nSPS) is 11.3. The van der Waals surface area contributed by atoms with Crippen LogP contribution in [0.25, 0.3) is 23.2 Å². The number of nitrogens with one attached hydrogen (secondary N) is 1. The lowest BCUT2D eigenvalue weighted by Gasteiger charge is -2.10. The highest BCUT2D eigenvalue weighted by atomic mass is 16.5. The summed E-state index contributed by atoms with van der Waals surface area (Å²) in [6.07, 6.45) is 2.91. The molecule has 1 N–H and O–H groups in total. The molecular formula is C19H19N5O5. The molecule has 0 aliphatic heterocycles. The zero-order valence-electron chi connectivity index (χ0n) is 15.6. The van der Waals surface area contributed by atoms with E-state index in [2.05, 4.69) is 20.8 Å². The first-order valence-electron chi connectivity index (χ1n) is 8.71. The molecule has 0 aliphatic carbocycles. The fourth-order valence-electron chi connectivity index (χ4n) is 2.38. The molecule has 0 fully saturated rings. The van der Waals surface area contributed by atoms with E-state index in [-0.39, 0.29) is 5.70 Å². The molecule has 10 nitrogen and oxygen atoms in total. The van der Waals surface area contributed by atoms with Crippen LogP contribution in [0.4, 0.5) is 0 Å². The first-order chi connectivity index (χ1) is 14.2. The molecule has 0 spiro atoms. The van der Waals surface area contributed by atoms with Gasteiger partial charge in [0.15, 0.2) is 18.1 Å². The largest absolute Gasteiger partial charge is 0.465 e. The number of furan rings is 1. The summed E-state index contributed by atoms with van der Waals surface area (Å²) in [6, 6.07) is 12.5. The van der Waals surface area contributed by atoms with Crippen molar-refractivity contribution in [2.24, 2.45) is 0 Å². The molecule has 0 aliphatic rings. The second-order valence-corrected chi connectivity index (χ2v) is 5.74. The number of rotatable bonds is 9. The highest BCUT2D eigenvalue weighted by Gasteiger charge is 2.22. The van der Waals surface area contributed by atoms with Gasteiger partial charge in [0.05, 0.1) is 12.9 Å². The summed E-state index contributed by atoms with van der Waals surface area (Å²) in [5.74, 6) is -0.499. The Morgan fingerprint density at radius 2 is 2.03 bits per heavy atom. The van der Waals surface area contributed by atoms with Crippen molar-refractivity contribution in [2.45, 2.75) is 0 Å². The summed E-state index contributed by atoms with van der Waals surface area (Å²) < 4.78 is 16.5. The number of hydrogen-bond donors (Lipinski definition) is 1. The van der Waals surface area contributed by atoms with E-state index >= 15 is 0 Å². The molecule has 3 rings (SSSR count). The molecule has 10 heteroatoms. The maximum atomic E-state index is 12.7. The zero-order valence-corrected chi connectivity index (χ0v) is 15.6. The Morgan fingerprint density at radius 3 is 2.76 bits per heavy atom. The van der Waals surface area contributed by atoms with Crippen molar-refractivity contribution < 1.29 is 23.5 Å². The average molecular weight is 397 g/mol. The average Bonchev–Trinajstić information content (AvgIpc) is 3.43. The molecule has 0 radical (unpaired) electrons. The standard InChI is InChI=1S/C19H19N5O5/c1-27-11-9-20-17(25)13-29-19(26)16(12-15-8-5-10-28-15)24-18(21-22-23-24)14-6-3-2-4-7-14/h2-8,10,12H,9,11,13H2,1H3,(H,20,25)/b16-12-. The predicted molar refractivity (Wildman–Crippen MR) is 102 cm³/mol. The van der Waals surface area contributed by atoms with Crippen LogP contribution < -0.4 is 5.32 Å². The summed E-state index contributed by atoms with van der Waals surface area (Å²) in [7, 11) is 1.52. The molecule has 3 aromatic rings. The van der Waals surface area contributed by atoms with Crippen molar-refractivity contribution >= 4 is 23.6 Å². The van der Waals surface area contributed by atoms with Crippen molar-refractivity contribution in [3.63, 3.8) is 0 Å². The number of carbonyl (C=O) groups is 2. The van der Waals surface area contributed by atoms with E-state index < -0.39 is 18.5 Å². The summed E-state index contributed by atoms with van der Waals surface area (Å²) in [5.41, 5.74) is 0.696. The van der Waals surface area contributed by atoms with Crippen LogP contribution in [0, 0.1) is 0 Å². The number of hydrogen-bond acceptors (Lipinski definition) is 8. The van der Waals surface area contributed by atoms with Gasteiger partial charge in [-0.1, -0.05) is 30.3 Å². The summed E-state index contributed by atoms with van der Waals surface area (Å²) in [6.45, 7) is 0.211. The van der Waals surface area contributed by atoms with E-state index in [9.17, 15) is 9.59 Å². The van der Waals surface area contributed by atoms with Crippen LogP contribution in [0.1, 0.15) is 5.76 Å². The van der Waals surface area contributed by atoms with Gasteiger partial charge in [0, 0.05) is 25.3 Å². The predicted octanol–water partition coefficient (Wildman–Crippen LogP) is 1.24. The van der Waals surface area contributed by atoms with Gasteiger partial charge < -0.3 is 19.2 Å². The molecule has 2 aromatic heterocycles. The summed E-state index contributed by atoms with van der Waals surface area (Å²) in [4.78, 5) is 24.5. The lowest BCUT2D eigenvalue weighted by molar-refractivity contribution is -0.143. The van der Waals surface area contributed by atoms with Crippen molar-refractivity contribution in [3.05, 3.63) is 54.5 Å². The fraction of sp³-hybridized carbons (Fsp3) is 0.211. The maximum Gasteiger partial charge on any atom is 0.357 e. The SMILES string of the molecule is COCCNC(=O)COC(=O)/C(=C/c1ccco1)n1nnnc1-c1ccccc1. The zero-order chi connectivity index (χ0) is 20.5. The lowest BCUT2D eigenvalue weighted by atomic mass is 10.2. The van der Waals surface area contributed by atoms with Crippen LogP contribution in [0.3, 0.4) is 0 Å². The maximum absolute atomic E-state index is 12.7. The number of ether oxygens (including phenoxy) is 2. The third-order valence-corrected chi connectivity index (χ3v) is 3.72. The number of esters is 1. The number of aromatic nitrogens is 4. The Morgan fingerprint density at radius 1 is 1.21 bits per heavy atom. The first-order valence-corrected chi connectivity index (χ1v) is 8.71. The quantitative estimate of drug-likeness (QED) is 0.325. The van der Waals surface area contributed by atoms with Crippen molar-refractivity contribution in [2.75, 3.05) is 26.9 Å². The van der Waals surface area contributed by atoms with Crippen molar-refractivity contribution in [3.8, 4) is 11.4 Å². The number of benzene rings is 1. The van der Waals surface area contributed by atoms with Crippen LogP contribution in [0.15, 0.2) is 53.1 Å². The van der Waals surface area contributed by atoms with Crippen molar-refractivity contribution in [1.82, 2.24) is 25.5 Å². The molecule has 2 heterocycles. The molecular weight excluding hydrogens is 378 g/mol. The van der Waals surface area contributed by atoms with E-state index in [0.29, 0.717) is 30.3 Å². The number of nitrogens with zero attached hydrogens (tertiary/aromatic N) is 4. The smallest absolute Gasteiger partial charge is 0.357 e. The lowest BCUT2D eigenvalue weighted by Crippen LogP contribution is -2.31. The van der Waals surface area contributed by atoms with Crippen LogP contribution >= 0.6 is 0 Å². The van der Waals surface area contributed by atoms with Crippen LogP contribution in [0.5, 0.6) is 0 Å². The number of tetrazole rings is 1. The molecule has 0 atom stereocenters. The summed E-state index contributed by atoms with van der Waals surface area (Å²) >= 11 is 0. The molecule has 1 aromatic carbocycles. The van der Waals surface area contributed by atoms with Gasteiger partial charge in [0.25, 0.3) is 5.91 Å². The van der Waals surface area contributed by atoms with Gasteiger partial charge in [-0.25, -0.2) is 4.79 Å². The van der Waals surface area contributed by atoms with E-state index in [4.69, 9.17) is 13.9 Å². The van der Waals surface area contributed by atoms with E-state index in [1.165, 1.54) is 24.1 Å². The Kier molecular flexibility index (Phi) is 6.85. The Hall–Kier alpha value is -3.79. The molecule has 1 amide bonds. The molecule has 29 heavy (non-hydrogen) atoms. The fourth-order valence-corrected chi connectivity index (χ4v) is 2.38. The summed E-state index contributed by atoms with van der Waals surface area (Å²) in [5, 5.41) is 14.1. The number of amides is 1. The van der Waals surface area contributed by atoms with E-state index in [1.54, 1.807) is 24.3 Å². The van der Waals surface area contributed by atoms with Crippen LogP contribution in [-0.2, 0) is 19.1 Å². The Bertz CT molecular complexity index is 966. The highest BCUT2D eigenvalue weighted by Crippen LogP contribution is 2.21. The highest BCUT2D eigenvalue weighted by molar-refractivity contribution is 6.15. The third-order valence-electron chi connectivity index (χ3n) is 3.72. The van der Waals surface area contributed by atoms with Crippen LogP contribution in [0.2, 0.25) is 0 Å². The van der Waals surface area contributed by atoms with Crippen molar-refractivity contribution in [1.29, 1.82) is 0 Å². The minimum atomic E-state index is -0.784. The number of methoxy groups -OCH3 is 1. The van der Waals surface area contributed by atoms with E-state index in [1.807, 2.05) is 18.2 Å². The first kappa shape index (κ1) is 20.0. The molecule has 0 saturated heterocycles. The second kappa shape index (κ2) is 9.95. The Balaban J connectivity index is 1.83. The van der Waals surface area contributed by atoms with Gasteiger partial charge in [-0.3, -0.25) is 4.79 Å². The van der Waals surface area contributed by atoms with Gasteiger partial charge >= 0.3 is 5.97 Å². The number of carbonyl (C=O) groups excluding carboxylic acids is 2. The molecule has 0 saturated carbocycles.